The van der Waals surface area contributed by atoms with Crippen LogP contribution in [0.2, 0.25) is 0 Å². The van der Waals surface area contributed by atoms with Gasteiger partial charge in [-0.2, -0.15) is 4.98 Å². The molecule has 4 rings (SSSR count). The van der Waals surface area contributed by atoms with Gasteiger partial charge in [0.1, 0.15) is 0 Å². The standard InChI is InChI=1S/C10H15N3O/c1-6-12-10(14-13-6)8-4-7-2-3-9(8)11-5-7/h7-9,11H,2-5H2,1H3/t7-,8-,9+/m0/s1. The number of nitrogens with zero attached hydrogens (tertiary/aromatic N) is 2. The van der Waals surface area contributed by atoms with Gasteiger partial charge in [0, 0.05) is 6.04 Å². The highest BCUT2D eigenvalue weighted by Crippen LogP contribution is 2.39. The summed E-state index contributed by atoms with van der Waals surface area (Å²) in [6, 6.07) is 0.569. The Hall–Kier alpha value is -0.900. The zero-order chi connectivity index (χ0) is 9.54. The van der Waals surface area contributed by atoms with Gasteiger partial charge in [0.25, 0.3) is 0 Å². The number of hydrogen-bond donors (Lipinski definition) is 1. The van der Waals surface area contributed by atoms with Gasteiger partial charge in [0.2, 0.25) is 5.89 Å². The molecular weight excluding hydrogens is 178 g/mol. The molecule has 0 spiro atoms. The van der Waals surface area contributed by atoms with Crippen LogP contribution in [-0.4, -0.2) is 22.7 Å². The minimum absolute atomic E-state index is 0.462. The summed E-state index contributed by atoms with van der Waals surface area (Å²) in [7, 11) is 0. The van der Waals surface area contributed by atoms with Gasteiger partial charge in [-0.25, -0.2) is 0 Å². The molecule has 0 radical (unpaired) electrons. The van der Waals surface area contributed by atoms with E-state index in [1.165, 1.54) is 25.8 Å². The highest BCUT2D eigenvalue weighted by molar-refractivity contribution is 5.05. The van der Waals surface area contributed by atoms with Crippen molar-refractivity contribution < 1.29 is 4.52 Å². The molecule has 0 unspecified atom stereocenters. The van der Waals surface area contributed by atoms with E-state index in [1.807, 2.05) is 6.92 Å². The maximum absolute atomic E-state index is 5.26. The summed E-state index contributed by atoms with van der Waals surface area (Å²) in [5.41, 5.74) is 0. The Bertz CT molecular complexity index is 328. The Kier molecular flexibility index (Phi) is 1.83. The van der Waals surface area contributed by atoms with Gasteiger partial charge in [0.05, 0.1) is 5.92 Å². The smallest absolute Gasteiger partial charge is 0.231 e. The van der Waals surface area contributed by atoms with Crippen LogP contribution in [0.25, 0.3) is 0 Å². The molecule has 3 aliphatic rings. The molecule has 3 atom stereocenters. The van der Waals surface area contributed by atoms with Crippen molar-refractivity contribution in [2.75, 3.05) is 6.54 Å². The third kappa shape index (κ3) is 1.25. The minimum atomic E-state index is 0.462. The van der Waals surface area contributed by atoms with Gasteiger partial charge in [-0.3, -0.25) is 0 Å². The SMILES string of the molecule is Cc1noc([C@H]2C[C@@H]3CC[C@H]2NC3)n1. The highest BCUT2D eigenvalue weighted by atomic mass is 16.5. The van der Waals surface area contributed by atoms with Crippen molar-refractivity contribution in [2.45, 2.75) is 38.1 Å². The summed E-state index contributed by atoms with van der Waals surface area (Å²) >= 11 is 0. The first-order valence-corrected chi connectivity index (χ1v) is 5.36. The molecule has 4 heteroatoms. The quantitative estimate of drug-likeness (QED) is 0.729. The van der Waals surface area contributed by atoms with Gasteiger partial charge in [-0.05, 0) is 38.6 Å². The summed E-state index contributed by atoms with van der Waals surface area (Å²) in [4.78, 5) is 4.34. The predicted octanol–water partition coefficient (Wildman–Crippen LogP) is 1.23. The zero-order valence-electron chi connectivity index (χ0n) is 8.36. The fourth-order valence-corrected chi connectivity index (χ4v) is 2.74. The van der Waals surface area contributed by atoms with Gasteiger partial charge in [0.15, 0.2) is 5.82 Å². The van der Waals surface area contributed by atoms with Crippen molar-refractivity contribution in [3.8, 4) is 0 Å². The lowest BCUT2D eigenvalue weighted by Gasteiger charge is -2.41. The third-order valence-electron chi connectivity index (χ3n) is 3.49. The van der Waals surface area contributed by atoms with E-state index in [0.717, 1.165) is 17.6 Å². The molecule has 14 heavy (non-hydrogen) atoms. The van der Waals surface area contributed by atoms with Crippen molar-refractivity contribution in [1.29, 1.82) is 0 Å². The minimum Gasteiger partial charge on any atom is -0.339 e. The number of hydrogen-bond acceptors (Lipinski definition) is 4. The Morgan fingerprint density at radius 3 is 2.86 bits per heavy atom. The van der Waals surface area contributed by atoms with Crippen molar-refractivity contribution in [2.24, 2.45) is 5.92 Å². The van der Waals surface area contributed by atoms with E-state index in [-0.39, 0.29) is 0 Å². The van der Waals surface area contributed by atoms with Crippen LogP contribution >= 0.6 is 0 Å². The number of piperidine rings is 2. The van der Waals surface area contributed by atoms with E-state index in [4.69, 9.17) is 4.52 Å². The average Bonchev–Trinajstić information content (AvgIpc) is 2.66. The lowest BCUT2D eigenvalue weighted by molar-refractivity contribution is 0.158. The molecule has 1 aromatic rings. The Labute approximate surface area is 83.1 Å². The third-order valence-corrected chi connectivity index (χ3v) is 3.49. The lowest BCUT2D eigenvalue weighted by Crippen LogP contribution is -2.49. The van der Waals surface area contributed by atoms with Crippen molar-refractivity contribution in [3.05, 3.63) is 11.7 Å². The highest BCUT2D eigenvalue weighted by Gasteiger charge is 2.38. The molecule has 1 aromatic heterocycles. The predicted molar refractivity (Wildman–Crippen MR) is 50.9 cm³/mol. The first-order valence-electron chi connectivity index (χ1n) is 5.36. The number of aromatic nitrogens is 2. The van der Waals surface area contributed by atoms with Crippen molar-refractivity contribution >= 4 is 0 Å². The van der Waals surface area contributed by atoms with E-state index in [1.54, 1.807) is 0 Å². The van der Waals surface area contributed by atoms with Crippen LogP contribution in [-0.2, 0) is 0 Å². The first-order chi connectivity index (χ1) is 6.83. The second kappa shape index (κ2) is 3.05. The van der Waals surface area contributed by atoms with Crippen LogP contribution in [0.15, 0.2) is 4.52 Å². The molecule has 1 N–H and O–H groups in total. The van der Waals surface area contributed by atoms with Crippen LogP contribution < -0.4 is 5.32 Å². The summed E-state index contributed by atoms with van der Waals surface area (Å²) in [5.74, 6) is 2.87. The molecule has 4 nitrogen and oxygen atoms in total. The van der Waals surface area contributed by atoms with Crippen LogP contribution in [0.4, 0.5) is 0 Å². The molecule has 76 valence electrons. The first kappa shape index (κ1) is 8.41. The fourth-order valence-electron chi connectivity index (χ4n) is 2.74. The molecule has 2 bridgehead atoms. The molecular formula is C10H15N3O. The van der Waals surface area contributed by atoms with Crippen LogP contribution in [0.1, 0.15) is 36.9 Å². The fraction of sp³-hybridized carbons (Fsp3) is 0.800. The maximum atomic E-state index is 5.26. The number of rotatable bonds is 1. The normalized spacial score (nSPS) is 36.2. The molecule has 0 aromatic carbocycles. The summed E-state index contributed by atoms with van der Waals surface area (Å²) in [6.07, 6.45) is 3.84. The molecule has 0 amide bonds. The van der Waals surface area contributed by atoms with Gasteiger partial charge >= 0.3 is 0 Å². The monoisotopic (exact) mass is 193 g/mol. The lowest BCUT2D eigenvalue weighted by atomic mass is 9.74. The molecule has 1 aliphatic carbocycles. The Morgan fingerprint density at radius 1 is 1.43 bits per heavy atom. The average molecular weight is 193 g/mol. The maximum Gasteiger partial charge on any atom is 0.231 e. The largest absolute Gasteiger partial charge is 0.339 e. The second-order valence-corrected chi connectivity index (χ2v) is 4.48. The number of fused-ring (bicyclic) bond motifs is 3. The van der Waals surface area contributed by atoms with Crippen molar-refractivity contribution in [1.82, 2.24) is 15.5 Å². The molecule has 3 heterocycles. The summed E-state index contributed by atoms with van der Waals surface area (Å²) < 4.78 is 5.26. The summed E-state index contributed by atoms with van der Waals surface area (Å²) in [5, 5.41) is 7.41. The van der Waals surface area contributed by atoms with E-state index < -0.39 is 0 Å². The molecule has 3 fully saturated rings. The molecule has 2 saturated heterocycles. The molecule has 1 saturated carbocycles. The van der Waals surface area contributed by atoms with E-state index >= 15 is 0 Å². The van der Waals surface area contributed by atoms with Crippen molar-refractivity contribution in [3.63, 3.8) is 0 Å². The Morgan fingerprint density at radius 2 is 2.36 bits per heavy atom. The second-order valence-electron chi connectivity index (χ2n) is 4.48. The van der Waals surface area contributed by atoms with Crippen LogP contribution in [0, 0.1) is 12.8 Å². The van der Waals surface area contributed by atoms with Gasteiger partial charge < -0.3 is 9.84 Å². The van der Waals surface area contributed by atoms with Crippen LogP contribution in [0.3, 0.4) is 0 Å². The molecule has 2 aliphatic heterocycles. The van der Waals surface area contributed by atoms with E-state index in [9.17, 15) is 0 Å². The zero-order valence-corrected chi connectivity index (χ0v) is 8.36. The number of aryl methyl sites for hydroxylation is 1. The Balaban J connectivity index is 1.85. The number of nitrogens with one attached hydrogen (secondary N) is 1. The van der Waals surface area contributed by atoms with Gasteiger partial charge in [-0.1, -0.05) is 5.16 Å². The van der Waals surface area contributed by atoms with E-state index in [2.05, 4.69) is 15.5 Å². The van der Waals surface area contributed by atoms with Crippen LogP contribution in [0.5, 0.6) is 0 Å². The topological polar surface area (TPSA) is 51.0 Å². The summed E-state index contributed by atoms with van der Waals surface area (Å²) in [6.45, 7) is 3.05. The van der Waals surface area contributed by atoms with Gasteiger partial charge in [-0.15, -0.1) is 0 Å². The van der Waals surface area contributed by atoms with E-state index in [0.29, 0.717) is 12.0 Å².